The van der Waals surface area contributed by atoms with E-state index in [0.717, 1.165) is 38.5 Å². The molecule has 2 heteroatoms. The second-order valence-corrected chi connectivity index (χ2v) is 9.55. The van der Waals surface area contributed by atoms with Crippen LogP contribution in [-0.4, -0.2) is 16.5 Å². The highest BCUT2D eigenvalue weighted by molar-refractivity contribution is 5.82. The summed E-state index contributed by atoms with van der Waals surface area (Å²) in [5, 5.41) is 11.5. The maximum atomic E-state index is 11.9. The third-order valence-electron chi connectivity index (χ3n) is 8.44. The Balaban J connectivity index is 1.74. The third kappa shape index (κ3) is 2.24. The van der Waals surface area contributed by atoms with Crippen molar-refractivity contribution in [2.45, 2.75) is 78.2 Å². The lowest BCUT2D eigenvalue weighted by atomic mass is 9.50. The van der Waals surface area contributed by atoms with E-state index in [2.05, 4.69) is 32.6 Å². The van der Waals surface area contributed by atoms with Gasteiger partial charge >= 0.3 is 0 Å². The molecule has 25 heavy (non-hydrogen) atoms. The average Bonchev–Trinajstić information content (AvgIpc) is 2.75. The highest BCUT2D eigenvalue weighted by Gasteiger charge is 2.65. The van der Waals surface area contributed by atoms with E-state index in [0.29, 0.717) is 35.9 Å². The fourth-order valence-electron chi connectivity index (χ4n) is 7.27. The van der Waals surface area contributed by atoms with Gasteiger partial charge in [0.25, 0.3) is 0 Å². The Labute approximate surface area is 152 Å². The number of fused-ring (bicyclic) bond motifs is 4. The topological polar surface area (TPSA) is 37.3 Å². The number of allylic oxidation sites excluding steroid dienone is 2. The summed E-state index contributed by atoms with van der Waals surface area (Å²) in [6.45, 7) is 8.75. The SMILES string of the molecule is CC#C[C@]1(O)[C@H](C)C[C@H]2[C@@H]3[C@H](C)CC4=C(CCC(=O)C4)[C@H]3CC[C@@]21C. The first-order valence-corrected chi connectivity index (χ1v) is 10.2. The molecule has 7 atom stereocenters. The van der Waals surface area contributed by atoms with Crippen LogP contribution < -0.4 is 0 Å². The molecule has 2 nitrogen and oxygen atoms in total. The molecule has 0 radical (unpaired) electrons. The maximum absolute atomic E-state index is 11.9. The van der Waals surface area contributed by atoms with Crippen molar-refractivity contribution < 1.29 is 9.90 Å². The van der Waals surface area contributed by atoms with E-state index < -0.39 is 5.60 Å². The van der Waals surface area contributed by atoms with Gasteiger partial charge in [-0.15, -0.1) is 5.92 Å². The van der Waals surface area contributed by atoms with Crippen molar-refractivity contribution in [2.75, 3.05) is 0 Å². The number of ketones is 1. The van der Waals surface area contributed by atoms with Crippen molar-refractivity contribution in [3.8, 4) is 11.8 Å². The summed E-state index contributed by atoms with van der Waals surface area (Å²) in [5.41, 5.74) is 2.18. The lowest BCUT2D eigenvalue weighted by Crippen LogP contribution is -2.53. The first-order chi connectivity index (χ1) is 11.8. The number of Topliss-reactive ketones (excluding diaryl/α,β-unsaturated/α-hetero) is 1. The Morgan fingerprint density at radius 1 is 1.24 bits per heavy atom. The summed E-state index contributed by atoms with van der Waals surface area (Å²) in [7, 11) is 0. The molecule has 0 amide bonds. The molecule has 4 aliphatic rings. The zero-order valence-electron chi connectivity index (χ0n) is 16.2. The summed E-state index contributed by atoms with van der Waals surface area (Å²) in [4.78, 5) is 11.9. The third-order valence-corrected chi connectivity index (χ3v) is 8.44. The molecule has 4 aliphatic carbocycles. The first kappa shape index (κ1) is 17.3. The molecule has 0 aromatic carbocycles. The van der Waals surface area contributed by atoms with Crippen molar-refractivity contribution in [1.82, 2.24) is 0 Å². The maximum Gasteiger partial charge on any atom is 0.137 e. The summed E-state index contributed by atoms with van der Waals surface area (Å²) in [6, 6.07) is 0. The Morgan fingerprint density at radius 2 is 2.00 bits per heavy atom. The van der Waals surface area contributed by atoms with Crippen LogP contribution in [0.4, 0.5) is 0 Å². The minimum atomic E-state index is -0.839. The predicted molar refractivity (Wildman–Crippen MR) is 99.7 cm³/mol. The number of rotatable bonds is 0. The smallest absolute Gasteiger partial charge is 0.137 e. The zero-order chi connectivity index (χ0) is 18.0. The fourth-order valence-corrected chi connectivity index (χ4v) is 7.27. The van der Waals surface area contributed by atoms with E-state index in [1.54, 1.807) is 5.57 Å². The molecule has 136 valence electrons. The van der Waals surface area contributed by atoms with Gasteiger partial charge in [-0.2, -0.15) is 0 Å². The van der Waals surface area contributed by atoms with Crippen LogP contribution in [0.1, 0.15) is 72.6 Å². The number of aliphatic hydroxyl groups is 1. The van der Waals surface area contributed by atoms with Crippen LogP contribution in [0, 0.1) is 46.8 Å². The molecule has 2 saturated carbocycles. The number of hydrogen-bond donors (Lipinski definition) is 1. The number of carbonyl (C=O) groups excluding carboxylic acids is 1. The van der Waals surface area contributed by atoms with E-state index in [4.69, 9.17) is 0 Å². The quantitative estimate of drug-likeness (QED) is 0.520. The van der Waals surface area contributed by atoms with Gasteiger partial charge in [-0.1, -0.05) is 37.8 Å². The van der Waals surface area contributed by atoms with Crippen molar-refractivity contribution >= 4 is 5.78 Å². The highest BCUT2D eigenvalue weighted by Crippen LogP contribution is 2.66. The Bertz CT molecular complexity index is 693. The van der Waals surface area contributed by atoms with Crippen LogP contribution in [0.3, 0.4) is 0 Å². The highest BCUT2D eigenvalue weighted by atomic mass is 16.3. The lowest BCUT2D eigenvalue weighted by Gasteiger charge is -2.55. The van der Waals surface area contributed by atoms with Gasteiger partial charge in [0.1, 0.15) is 11.4 Å². The van der Waals surface area contributed by atoms with E-state index in [-0.39, 0.29) is 11.3 Å². The molecular formula is C23H32O2. The van der Waals surface area contributed by atoms with Crippen LogP contribution >= 0.6 is 0 Å². The van der Waals surface area contributed by atoms with Crippen LogP contribution in [0.25, 0.3) is 0 Å². The van der Waals surface area contributed by atoms with Gasteiger partial charge < -0.3 is 5.11 Å². The van der Waals surface area contributed by atoms with Crippen LogP contribution in [0.2, 0.25) is 0 Å². The second kappa shape index (κ2) is 5.71. The van der Waals surface area contributed by atoms with Gasteiger partial charge in [-0.25, -0.2) is 0 Å². The first-order valence-electron chi connectivity index (χ1n) is 10.2. The second-order valence-electron chi connectivity index (χ2n) is 9.55. The average molecular weight is 341 g/mol. The number of carbonyl (C=O) groups is 1. The van der Waals surface area contributed by atoms with Gasteiger partial charge in [-0.05, 0) is 68.6 Å². The van der Waals surface area contributed by atoms with E-state index in [9.17, 15) is 9.90 Å². The molecule has 0 unspecified atom stereocenters. The molecule has 0 aromatic rings. The Hall–Kier alpha value is -1.07. The minimum absolute atomic E-state index is 0.0899. The van der Waals surface area contributed by atoms with Crippen LogP contribution in [0.5, 0.6) is 0 Å². The molecule has 0 heterocycles. The fraction of sp³-hybridized carbons (Fsp3) is 0.783. The standard InChI is InChI=1S/C23H32O2/c1-5-9-23(25)15(3)12-20-21-14(2)11-16-13-17(24)6-7-18(16)19(21)8-10-22(20,23)4/h14-15,19-21,25H,6-8,10-13H2,1-4H3/t14-,15-,19-,20+,21-,22+,23+/m1/s1. The van der Waals surface area contributed by atoms with Crippen molar-refractivity contribution in [2.24, 2.45) is 35.0 Å². The monoisotopic (exact) mass is 340 g/mol. The van der Waals surface area contributed by atoms with Crippen molar-refractivity contribution in [1.29, 1.82) is 0 Å². The molecular weight excluding hydrogens is 308 g/mol. The van der Waals surface area contributed by atoms with Crippen molar-refractivity contribution in [3.05, 3.63) is 11.1 Å². The molecule has 0 aliphatic heterocycles. The summed E-state index contributed by atoms with van der Waals surface area (Å²) >= 11 is 0. The van der Waals surface area contributed by atoms with Crippen molar-refractivity contribution in [3.63, 3.8) is 0 Å². The van der Waals surface area contributed by atoms with Gasteiger partial charge in [0.2, 0.25) is 0 Å². The number of hydrogen-bond acceptors (Lipinski definition) is 2. The Morgan fingerprint density at radius 3 is 2.72 bits per heavy atom. The molecule has 0 aromatic heterocycles. The normalized spacial score (nSPS) is 49.0. The Kier molecular flexibility index (Phi) is 3.97. The molecule has 4 rings (SSSR count). The van der Waals surface area contributed by atoms with Gasteiger partial charge in [0.05, 0.1) is 0 Å². The molecule has 0 bridgehead atoms. The summed E-state index contributed by atoms with van der Waals surface area (Å²) in [5.74, 6) is 9.40. The van der Waals surface area contributed by atoms with Crippen LogP contribution in [-0.2, 0) is 4.79 Å². The molecule has 0 spiro atoms. The van der Waals surface area contributed by atoms with Gasteiger partial charge in [-0.3, -0.25) is 4.79 Å². The van der Waals surface area contributed by atoms with E-state index >= 15 is 0 Å². The molecule has 0 saturated heterocycles. The zero-order valence-corrected chi connectivity index (χ0v) is 16.2. The van der Waals surface area contributed by atoms with E-state index in [1.807, 2.05) is 6.92 Å². The minimum Gasteiger partial charge on any atom is -0.377 e. The molecule has 1 N–H and O–H groups in total. The van der Waals surface area contributed by atoms with Crippen LogP contribution in [0.15, 0.2) is 11.1 Å². The lowest BCUT2D eigenvalue weighted by molar-refractivity contribution is -0.119. The van der Waals surface area contributed by atoms with E-state index in [1.165, 1.54) is 5.57 Å². The van der Waals surface area contributed by atoms with Gasteiger partial charge in [0, 0.05) is 18.3 Å². The molecule has 2 fully saturated rings. The summed E-state index contributed by atoms with van der Waals surface area (Å²) < 4.78 is 0. The predicted octanol–water partition coefficient (Wildman–Crippen LogP) is 4.52. The van der Waals surface area contributed by atoms with Gasteiger partial charge in [0.15, 0.2) is 0 Å². The largest absolute Gasteiger partial charge is 0.377 e. The summed E-state index contributed by atoms with van der Waals surface area (Å²) in [6.07, 6.45) is 6.88.